The highest BCUT2D eigenvalue weighted by Crippen LogP contribution is 2.37. The number of nitriles is 1. The number of pyridine rings is 3. The smallest absolute Gasteiger partial charge is 0.183 e. The SMILES string of the molecule is CCN1CCC(Oc2c(C#N)ncc3[nH]c4ncc(-c5cccnc5)cc4c23)CC1. The molecule has 30 heavy (non-hydrogen) atoms. The zero-order chi connectivity index (χ0) is 20.5. The Balaban J connectivity index is 1.62. The molecule has 4 aromatic rings. The summed E-state index contributed by atoms with van der Waals surface area (Å²) in [5.74, 6) is 0.557. The summed E-state index contributed by atoms with van der Waals surface area (Å²) in [6.45, 7) is 5.25. The van der Waals surface area contributed by atoms with Gasteiger partial charge in [0.15, 0.2) is 11.4 Å². The number of ether oxygens (including phenoxy) is 1. The molecule has 1 aliphatic heterocycles. The monoisotopic (exact) mass is 398 g/mol. The van der Waals surface area contributed by atoms with E-state index < -0.39 is 0 Å². The standard InChI is InChI=1S/C23H22N6O/c1-2-29-8-5-17(6-9-29)30-22-19(11-24)26-14-20-21(22)18-10-16(13-27-23(18)28-20)15-4-3-7-25-12-15/h3-4,7,10,12-14,17H,2,5-6,8-9H2,1H3,(H,27,28). The molecule has 0 aromatic carbocycles. The molecule has 0 unspecified atom stereocenters. The van der Waals surface area contributed by atoms with Gasteiger partial charge in [0.05, 0.1) is 17.1 Å². The zero-order valence-corrected chi connectivity index (χ0v) is 16.8. The lowest BCUT2D eigenvalue weighted by atomic mass is 10.1. The predicted molar refractivity (Wildman–Crippen MR) is 115 cm³/mol. The molecule has 0 radical (unpaired) electrons. The van der Waals surface area contributed by atoms with Crippen molar-refractivity contribution in [2.75, 3.05) is 19.6 Å². The van der Waals surface area contributed by atoms with Gasteiger partial charge in [-0.05, 0) is 31.5 Å². The highest BCUT2D eigenvalue weighted by molar-refractivity contribution is 6.10. The first-order valence-corrected chi connectivity index (χ1v) is 10.3. The summed E-state index contributed by atoms with van der Waals surface area (Å²) in [5, 5.41) is 11.5. The lowest BCUT2D eigenvalue weighted by molar-refractivity contribution is 0.104. The van der Waals surface area contributed by atoms with Crippen molar-refractivity contribution in [3.63, 3.8) is 0 Å². The largest absolute Gasteiger partial charge is 0.487 e. The van der Waals surface area contributed by atoms with Crippen molar-refractivity contribution in [3.05, 3.63) is 48.7 Å². The van der Waals surface area contributed by atoms with Crippen LogP contribution in [0.5, 0.6) is 5.75 Å². The molecule has 7 nitrogen and oxygen atoms in total. The van der Waals surface area contributed by atoms with Gasteiger partial charge in [0.25, 0.3) is 0 Å². The Labute approximate surface area is 174 Å². The van der Waals surface area contributed by atoms with Crippen molar-refractivity contribution < 1.29 is 4.74 Å². The van der Waals surface area contributed by atoms with E-state index in [0.717, 1.165) is 65.5 Å². The van der Waals surface area contributed by atoms with Crippen LogP contribution < -0.4 is 4.74 Å². The first-order valence-electron chi connectivity index (χ1n) is 10.3. The van der Waals surface area contributed by atoms with Crippen LogP contribution in [0.25, 0.3) is 33.1 Å². The van der Waals surface area contributed by atoms with Gasteiger partial charge in [-0.3, -0.25) is 4.98 Å². The minimum Gasteiger partial charge on any atom is -0.487 e. The maximum absolute atomic E-state index is 9.69. The minimum atomic E-state index is 0.0757. The van der Waals surface area contributed by atoms with Crippen LogP contribution in [-0.2, 0) is 0 Å². The molecule has 0 amide bonds. The normalized spacial score (nSPS) is 15.5. The highest BCUT2D eigenvalue weighted by atomic mass is 16.5. The lowest BCUT2D eigenvalue weighted by Crippen LogP contribution is -2.38. The zero-order valence-electron chi connectivity index (χ0n) is 16.8. The third kappa shape index (κ3) is 3.25. The Kier molecular flexibility index (Phi) is 4.77. The Morgan fingerprint density at radius 2 is 2.07 bits per heavy atom. The van der Waals surface area contributed by atoms with E-state index in [4.69, 9.17) is 4.74 Å². The van der Waals surface area contributed by atoms with Gasteiger partial charge >= 0.3 is 0 Å². The van der Waals surface area contributed by atoms with Crippen molar-refractivity contribution >= 4 is 21.9 Å². The van der Waals surface area contributed by atoms with Crippen molar-refractivity contribution in [1.29, 1.82) is 5.26 Å². The average Bonchev–Trinajstić information content (AvgIpc) is 3.18. The second-order valence-corrected chi connectivity index (χ2v) is 7.57. The number of aromatic amines is 1. The molecular weight excluding hydrogens is 376 g/mol. The van der Waals surface area contributed by atoms with Crippen LogP contribution in [0.2, 0.25) is 0 Å². The van der Waals surface area contributed by atoms with Gasteiger partial charge in [-0.25, -0.2) is 9.97 Å². The van der Waals surface area contributed by atoms with Crippen LogP contribution in [0.1, 0.15) is 25.5 Å². The molecule has 5 heterocycles. The van der Waals surface area contributed by atoms with E-state index in [-0.39, 0.29) is 6.10 Å². The molecule has 1 saturated heterocycles. The van der Waals surface area contributed by atoms with Crippen molar-refractivity contribution in [2.24, 2.45) is 0 Å². The summed E-state index contributed by atoms with van der Waals surface area (Å²) < 4.78 is 6.42. The van der Waals surface area contributed by atoms with E-state index in [1.54, 1.807) is 12.4 Å². The number of nitrogens with zero attached hydrogens (tertiary/aromatic N) is 5. The van der Waals surface area contributed by atoms with Crippen molar-refractivity contribution in [1.82, 2.24) is 24.8 Å². The number of aromatic nitrogens is 4. The lowest BCUT2D eigenvalue weighted by Gasteiger charge is -2.31. The first-order chi connectivity index (χ1) is 14.8. The van der Waals surface area contributed by atoms with E-state index in [9.17, 15) is 5.26 Å². The molecule has 5 rings (SSSR count). The molecule has 1 aliphatic rings. The van der Waals surface area contributed by atoms with Crippen LogP contribution in [0.4, 0.5) is 0 Å². The van der Waals surface area contributed by atoms with Crippen molar-refractivity contribution in [3.8, 4) is 22.9 Å². The van der Waals surface area contributed by atoms with Gasteiger partial charge in [0.2, 0.25) is 0 Å². The number of likely N-dealkylation sites (tertiary alicyclic amines) is 1. The van der Waals surface area contributed by atoms with Gasteiger partial charge in [0, 0.05) is 48.2 Å². The number of hydrogen-bond acceptors (Lipinski definition) is 6. The summed E-state index contributed by atoms with van der Waals surface area (Å²) in [6, 6.07) is 8.19. The third-order valence-electron chi connectivity index (χ3n) is 5.81. The fraction of sp³-hybridized carbons (Fsp3) is 0.304. The molecule has 7 heteroatoms. The molecule has 0 saturated carbocycles. The van der Waals surface area contributed by atoms with Gasteiger partial charge in [-0.1, -0.05) is 13.0 Å². The second-order valence-electron chi connectivity index (χ2n) is 7.57. The van der Waals surface area contributed by atoms with E-state index in [0.29, 0.717) is 11.4 Å². The highest BCUT2D eigenvalue weighted by Gasteiger charge is 2.24. The van der Waals surface area contributed by atoms with E-state index in [1.807, 2.05) is 24.5 Å². The number of fused-ring (bicyclic) bond motifs is 3. The summed E-state index contributed by atoms with van der Waals surface area (Å²) >= 11 is 0. The molecule has 150 valence electrons. The van der Waals surface area contributed by atoms with Gasteiger partial charge in [-0.15, -0.1) is 0 Å². The van der Waals surface area contributed by atoms with Gasteiger partial charge in [-0.2, -0.15) is 5.26 Å². The molecule has 1 N–H and O–H groups in total. The minimum absolute atomic E-state index is 0.0757. The second kappa shape index (κ2) is 7.73. The number of H-pyrrole nitrogens is 1. The summed E-state index contributed by atoms with van der Waals surface area (Å²) in [5.41, 5.74) is 3.84. The van der Waals surface area contributed by atoms with Crippen LogP contribution in [0.3, 0.4) is 0 Å². The van der Waals surface area contributed by atoms with Crippen molar-refractivity contribution in [2.45, 2.75) is 25.9 Å². The first kappa shape index (κ1) is 18.5. The Morgan fingerprint density at radius 1 is 1.20 bits per heavy atom. The quantitative estimate of drug-likeness (QED) is 0.560. The number of nitrogens with one attached hydrogen (secondary N) is 1. The summed E-state index contributed by atoms with van der Waals surface area (Å²) in [7, 11) is 0. The van der Waals surface area contributed by atoms with Gasteiger partial charge in [0.1, 0.15) is 17.8 Å². The molecule has 0 aliphatic carbocycles. The van der Waals surface area contributed by atoms with E-state index in [1.165, 1.54) is 0 Å². The Morgan fingerprint density at radius 3 is 2.80 bits per heavy atom. The summed E-state index contributed by atoms with van der Waals surface area (Å²) in [6.07, 6.45) is 9.04. The maximum Gasteiger partial charge on any atom is 0.183 e. The molecule has 0 atom stereocenters. The molecule has 1 fully saturated rings. The maximum atomic E-state index is 9.69. The predicted octanol–water partition coefficient (Wildman–Crippen LogP) is 3.91. The topological polar surface area (TPSA) is 90.7 Å². The number of rotatable bonds is 4. The average molecular weight is 398 g/mol. The van der Waals surface area contributed by atoms with Crippen LogP contribution in [0.15, 0.2) is 43.0 Å². The fourth-order valence-electron chi connectivity index (χ4n) is 4.13. The Bertz CT molecular complexity index is 1240. The fourth-order valence-corrected chi connectivity index (χ4v) is 4.13. The Hall–Kier alpha value is -3.50. The summed E-state index contributed by atoms with van der Waals surface area (Å²) in [4.78, 5) is 18.9. The van der Waals surface area contributed by atoms with E-state index in [2.05, 4.69) is 43.9 Å². The van der Waals surface area contributed by atoms with Crippen LogP contribution >= 0.6 is 0 Å². The van der Waals surface area contributed by atoms with Crippen LogP contribution in [0, 0.1) is 11.3 Å². The van der Waals surface area contributed by atoms with E-state index >= 15 is 0 Å². The number of hydrogen-bond donors (Lipinski definition) is 1. The van der Waals surface area contributed by atoms with Crippen LogP contribution in [-0.4, -0.2) is 50.6 Å². The number of piperidine rings is 1. The molecular formula is C23H22N6O. The molecule has 0 bridgehead atoms. The third-order valence-corrected chi connectivity index (χ3v) is 5.81. The molecule has 4 aromatic heterocycles. The van der Waals surface area contributed by atoms with Gasteiger partial charge < -0.3 is 14.6 Å². The molecule has 0 spiro atoms.